The number of rotatable bonds is 8. The summed E-state index contributed by atoms with van der Waals surface area (Å²) < 4.78 is 17.3. The van der Waals surface area contributed by atoms with Crippen LogP contribution in [0.15, 0.2) is 80.3 Å². The summed E-state index contributed by atoms with van der Waals surface area (Å²) in [6, 6.07) is 15.5. The van der Waals surface area contributed by atoms with E-state index in [0.29, 0.717) is 42.0 Å². The molecular formula is C30H24BrCl2NO6S. The van der Waals surface area contributed by atoms with Crippen LogP contribution in [0.3, 0.4) is 0 Å². The van der Waals surface area contributed by atoms with E-state index in [-0.39, 0.29) is 29.6 Å². The molecule has 0 bridgehead atoms. The molecule has 11 heteroatoms. The molecule has 0 saturated heterocycles. The van der Waals surface area contributed by atoms with E-state index in [1.54, 1.807) is 67.6 Å². The van der Waals surface area contributed by atoms with Gasteiger partial charge in [0.25, 0.3) is 5.91 Å². The first kappa shape index (κ1) is 30.7. The highest BCUT2D eigenvalue weighted by atomic mass is 79.9. The van der Waals surface area contributed by atoms with Gasteiger partial charge < -0.3 is 19.3 Å². The molecule has 1 aliphatic heterocycles. The number of aryl methyl sites for hydroxylation is 1. The molecular weight excluding hydrogens is 653 g/mol. The third kappa shape index (κ3) is 7.35. The number of carbonyl (C=O) groups excluding carboxylic acids is 2. The molecule has 0 spiro atoms. The van der Waals surface area contributed by atoms with Gasteiger partial charge in [0.2, 0.25) is 0 Å². The van der Waals surface area contributed by atoms with Gasteiger partial charge in [-0.25, -0.2) is 9.79 Å². The molecule has 0 fully saturated rings. The van der Waals surface area contributed by atoms with Crippen molar-refractivity contribution in [3.8, 4) is 11.5 Å². The summed E-state index contributed by atoms with van der Waals surface area (Å²) in [5.74, 6) is -0.805. The average molecular weight is 677 g/mol. The Morgan fingerprint density at radius 2 is 1.83 bits per heavy atom. The van der Waals surface area contributed by atoms with Crippen LogP contribution in [0.5, 0.6) is 11.5 Å². The molecule has 0 aliphatic carbocycles. The van der Waals surface area contributed by atoms with Crippen molar-refractivity contribution in [2.75, 3.05) is 13.7 Å². The summed E-state index contributed by atoms with van der Waals surface area (Å²) in [5.41, 5.74) is 2.54. The van der Waals surface area contributed by atoms with Gasteiger partial charge in [0, 0.05) is 21.2 Å². The van der Waals surface area contributed by atoms with Crippen molar-refractivity contribution in [1.29, 1.82) is 0 Å². The molecule has 1 N–H and O–H groups in total. The lowest BCUT2D eigenvalue weighted by Gasteiger charge is -2.14. The highest BCUT2D eigenvalue weighted by Gasteiger charge is 2.34. The number of nitrogens with zero attached hydrogens (tertiary/aromatic N) is 1. The number of methoxy groups -OCH3 is 1. The second-order valence-corrected chi connectivity index (χ2v) is 11.4. The molecule has 3 aromatic rings. The Morgan fingerprint density at radius 3 is 2.49 bits per heavy atom. The fourth-order valence-electron chi connectivity index (χ4n) is 3.75. The van der Waals surface area contributed by atoms with Crippen molar-refractivity contribution >= 4 is 73.9 Å². The molecule has 0 saturated carbocycles. The largest absolute Gasteiger partial charge is 0.506 e. The first-order valence-electron chi connectivity index (χ1n) is 12.3. The molecule has 0 radical (unpaired) electrons. The van der Waals surface area contributed by atoms with E-state index in [1.807, 2.05) is 6.92 Å². The fourth-order valence-corrected chi connectivity index (χ4v) is 5.80. The SMILES string of the molecule is CCOC(=O)C1=C(O)/C(=C/c2cc(Br)c(OCc3ccc(Cl)cc3Cl)c(OC)c2)SC1=NC(=O)c1ccc(C)cc1. The number of esters is 1. The van der Waals surface area contributed by atoms with Crippen LogP contribution < -0.4 is 9.47 Å². The van der Waals surface area contributed by atoms with Crippen LogP contribution in [-0.2, 0) is 16.1 Å². The number of aliphatic hydroxyl groups excluding tert-OH is 1. The van der Waals surface area contributed by atoms with E-state index < -0.39 is 11.9 Å². The number of aliphatic hydroxyl groups is 1. The zero-order valence-electron chi connectivity index (χ0n) is 22.2. The molecule has 1 amide bonds. The number of amides is 1. The lowest BCUT2D eigenvalue weighted by atomic mass is 10.1. The first-order chi connectivity index (χ1) is 19.6. The van der Waals surface area contributed by atoms with Gasteiger partial charge in [-0.05, 0) is 77.8 Å². The van der Waals surface area contributed by atoms with E-state index in [9.17, 15) is 14.7 Å². The Labute approximate surface area is 259 Å². The molecule has 4 rings (SSSR count). The lowest BCUT2D eigenvalue weighted by molar-refractivity contribution is -0.138. The second kappa shape index (κ2) is 13.6. The number of aliphatic imine (C=N–C) groups is 1. The fraction of sp³-hybridized carbons (Fsp3) is 0.167. The molecule has 1 aliphatic rings. The molecule has 41 heavy (non-hydrogen) atoms. The number of ether oxygens (including phenoxy) is 3. The number of carbonyl (C=O) groups is 2. The first-order valence-corrected chi connectivity index (χ1v) is 14.6. The maximum Gasteiger partial charge on any atom is 0.344 e. The van der Waals surface area contributed by atoms with E-state index >= 15 is 0 Å². The summed E-state index contributed by atoms with van der Waals surface area (Å²) in [6.45, 7) is 3.82. The van der Waals surface area contributed by atoms with Gasteiger partial charge in [0.05, 0.1) is 23.1 Å². The monoisotopic (exact) mass is 675 g/mol. The third-order valence-electron chi connectivity index (χ3n) is 5.81. The smallest absolute Gasteiger partial charge is 0.344 e. The molecule has 212 valence electrons. The van der Waals surface area contributed by atoms with Crippen molar-refractivity contribution in [3.63, 3.8) is 0 Å². The number of hydrogen-bond donors (Lipinski definition) is 1. The van der Waals surface area contributed by atoms with Gasteiger partial charge in [-0.1, -0.05) is 58.7 Å². The summed E-state index contributed by atoms with van der Waals surface area (Å²) in [4.78, 5) is 30.0. The summed E-state index contributed by atoms with van der Waals surface area (Å²) >= 11 is 16.8. The zero-order chi connectivity index (χ0) is 29.7. The summed E-state index contributed by atoms with van der Waals surface area (Å²) in [6.07, 6.45) is 1.64. The molecule has 3 aromatic carbocycles. The number of thioether (sulfide) groups is 1. The maximum absolute atomic E-state index is 12.8. The summed E-state index contributed by atoms with van der Waals surface area (Å²) in [7, 11) is 1.50. The van der Waals surface area contributed by atoms with Gasteiger partial charge >= 0.3 is 5.97 Å². The molecule has 1 heterocycles. The normalized spacial score (nSPS) is 15.0. The molecule has 7 nitrogen and oxygen atoms in total. The molecule has 0 aromatic heterocycles. The minimum absolute atomic E-state index is 0.0450. The number of benzene rings is 3. The highest BCUT2D eigenvalue weighted by Crippen LogP contribution is 2.42. The standard InChI is InChI=1S/C30H24BrCl2NO6S/c1-4-39-30(37)25-26(35)24(41-29(25)34-28(36)18-7-5-16(2)6-8-18)13-17-11-21(31)27(23(12-17)38-3)40-15-19-9-10-20(32)14-22(19)33/h5-14,35H,4,15H2,1-3H3/b24-13-,34-29?. The van der Waals surface area contributed by atoms with Crippen LogP contribution in [0, 0.1) is 6.92 Å². The quantitative estimate of drug-likeness (QED) is 0.240. The predicted octanol–water partition coefficient (Wildman–Crippen LogP) is 8.35. The van der Waals surface area contributed by atoms with Crippen LogP contribution in [0.25, 0.3) is 6.08 Å². The topological polar surface area (TPSA) is 94.4 Å². The van der Waals surface area contributed by atoms with Crippen molar-refractivity contribution in [2.45, 2.75) is 20.5 Å². The third-order valence-corrected chi connectivity index (χ3v) is 8.00. The van der Waals surface area contributed by atoms with Crippen LogP contribution in [-0.4, -0.2) is 35.7 Å². The van der Waals surface area contributed by atoms with Gasteiger partial charge in [0.15, 0.2) is 11.5 Å². The van der Waals surface area contributed by atoms with Crippen LogP contribution >= 0.6 is 50.9 Å². The molecule has 0 unspecified atom stereocenters. The van der Waals surface area contributed by atoms with Gasteiger partial charge in [-0.2, -0.15) is 0 Å². The Morgan fingerprint density at radius 1 is 1.10 bits per heavy atom. The van der Waals surface area contributed by atoms with Crippen molar-refractivity contribution in [2.24, 2.45) is 4.99 Å². The van der Waals surface area contributed by atoms with Crippen molar-refractivity contribution in [3.05, 3.63) is 108 Å². The Bertz CT molecular complexity index is 1600. The number of hydrogen-bond acceptors (Lipinski definition) is 7. The van der Waals surface area contributed by atoms with Crippen LogP contribution in [0.2, 0.25) is 10.0 Å². The Hall–Kier alpha value is -3.24. The van der Waals surface area contributed by atoms with Gasteiger partial charge in [0.1, 0.15) is 23.0 Å². The molecule has 0 atom stereocenters. The second-order valence-electron chi connectivity index (χ2n) is 8.70. The average Bonchev–Trinajstić information content (AvgIpc) is 3.23. The Kier molecular flexibility index (Phi) is 10.2. The van der Waals surface area contributed by atoms with E-state index in [1.165, 1.54) is 7.11 Å². The highest BCUT2D eigenvalue weighted by molar-refractivity contribution is 9.10. The van der Waals surface area contributed by atoms with Crippen LogP contribution in [0.4, 0.5) is 0 Å². The Balaban J connectivity index is 1.65. The minimum Gasteiger partial charge on any atom is -0.506 e. The zero-order valence-corrected chi connectivity index (χ0v) is 26.1. The number of halogens is 3. The predicted molar refractivity (Wildman–Crippen MR) is 166 cm³/mol. The lowest BCUT2D eigenvalue weighted by Crippen LogP contribution is -2.14. The van der Waals surface area contributed by atoms with Crippen molar-refractivity contribution < 1.29 is 28.9 Å². The van der Waals surface area contributed by atoms with E-state index in [2.05, 4.69) is 20.9 Å². The van der Waals surface area contributed by atoms with Crippen molar-refractivity contribution in [1.82, 2.24) is 0 Å². The summed E-state index contributed by atoms with van der Waals surface area (Å²) in [5, 5.41) is 12.1. The maximum atomic E-state index is 12.8. The van der Waals surface area contributed by atoms with E-state index in [4.69, 9.17) is 37.4 Å². The van der Waals surface area contributed by atoms with Gasteiger partial charge in [-0.3, -0.25) is 4.79 Å². The van der Waals surface area contributed by atoms with Gasteiger partial charge in [-0.15, -0.1) is 0 Å². The van der Waals surface area contributed by atoms with E-state index in [0.717, 1.165) is 22.9 Å². The minimum atomic E-state index is -0.778. The van der Waals surface area contributed by atoms with Crippen LogP contribution in [0.1, 0.15) is 34.0 Å².